The second-order valence-corrected chi connectivity index (χ2v) is 8.14. The Bertz CT molecular complexity index is 1310. The van der Waals surface area contributed by atoms with Crippen molar-refractivity contribution in [3.05, 3.63) is 70.6 Å². The van der Waals surface area contributed by atoms with Crippen LogP contribution in [0.5, 0.6) is 0 Å². The number of rotatable bonds is 4. The molecule has 0 saturated carbocycles. The van der Waals surface area contributed by atoms with Gasteiger partial charge in [-0.3, -0.25) is 14.0 Å². The van der Waals surface area contributed by atoms with Crippen molar-refractivity contribution in [2.24, 2.45) is 0 Å². The molecule has 0 aliphatic carbocycles. The molecule has 4 rings (SSSR count). The predicted molar refractivity (Wildman–Crippen MR) is 117 cm³/mol. The monoisotopic (exact) mass is 388 g/mol. The molecule has 0 aliphatic rings. The summed E-state index contributed by atoms with van der Waals surface area (Å²) in [7, 11) is 3.95. The molecule has 148 valence electrons. The van der Waals surface area contributed by atoms with Crippen LogP contribution in [-0.2, 0) is 0 Å². The van der Waals surface area contributed by atoms with E-state index in [-0.39, 0.29) is 17.0 Å². The Morgan fingerprint density at radius 1 is 1.10 bits per heavy atom. The lowest BCUT2D eigenvalue weighted by Gasteiger charge is -2.32. The number of nitrogens with one attached hydrogen (secondary N) is 1. The average Bonchev–Trinajstić information content (AvgIpc) is 2.70. The van der Waals surface area contributed by atoms with Crippen LogP contribution in [0.1, 0.15) is 24.2 Å². The Labute approximate surface area is 168 Å². The summed E-state index contributed by atoms with van der Waals surface area (Å²) in [5.41, 5.74) is 0.951. The Morgan fingerprint density at radius 3 is 2.48 bits per heavy atom. The number of amides is 1. The zero-order valence-electron chi connectivity index (χ0n) is 17.1. The molecule has 0 atom stereocenters. The van der Waals surface area contributed by atoms with Crippen molar-refractivity contribution < 1.29 is 4.79 Å². The summed E-state index contributed by atoms with van der Waals surface area (Å²) in [4.78, 5) is 32.7. The van der Waals surface area contributed by atoms with Gasteiger partial charge < -0.3 is 10.2 Å². The van der Waals surface area contributed by atoms with Crippen LogP contribution in [0.2, 0.25) is 0 Å². The predicted octanol–water partition coefficient (Wildman–Crippen LogP) is 3.07. The number of carbonyl (C=O) groups excluding carboxylic acids is 1. The maximum Gasteiger partial charge on any atom is 0.265 e. The van der Waals surface area contributed by atoms with E-state index in [0.717, 1.165) is 10.8 Å². The van der Waals surface area contributed by atoms with Gasteiger partial charge in [0.1, 0.15) is 0 Å². The summed E-state index contributed by atoms with van der Waals surface area (Å²) in [6.07, 6.45) is 1.65. The van der Waals surface area contributed by atoms with Crippen LogP contribution in [0, 0.1) is 0 Å². The summed E-state index contributed by atoms with van der Waals surface area (Å²) < 4.78 is 1.45. The van der Waals surface area contributed by atoms with Gasteiger partial charge in [0.2, 0.25) is 0 Å². The van der Waals surface area contributed by atoms with Gasteiger partial charge in [-0.15, -0.1) is 0 Å². The van der Waals surface area contributed by atoms with Gasteiger partial charge in [-0.1, -0.05) is 24.3 Å². The van der Waals surface area contributed by atoms with Gasteiger partial charge in [0.25, 0.3) is 11.5 Å². The van der Waals surface area contributed by atoms with Crippen LogP contribution in [0.3, 0.4) is 0 Å². The molecule has 2 aromatic heterocycles. The molecule has 0 bridgehead atoms. The van der Waals surface area contributed by atoms with Gasteiger partial charge >= 0.3 is 0 Å². The maximum absolute atomic E-state index is 13.1. The molecular formula is C23H24N4O2. The van der Waals surface area contributed by atoms with E-state index < -0.39 is 0 Å². The number of benzene rings is 2. The van der Waals surface area contributed by atoms with E-state index in [1.807, 2.05) is 50.5 Å². The fourth-order valence-electron chi connectivity index (χ4n) is 3.24. The average molecular weight is 388 g/mol. The molecule has 2 aromatic carbocycles. The fraction of sp³-hybridized carbons (Fsp3) is 0.261. The van der Waals surface area contributed by atoms with Crippen molar-refractivity contribution in [2.45, 2.75) is 19.4 Å². The van der Waals surface area contributed by atoms with Gasteiger partial charge in [-0.05, 0) is 63.0 Å². The van der Waals surface area contributed by atoms with Gasteiger partial charge in [-0.2, -0.15) is 0 Å². The number of nitrogens with zero attached hydrogens (tertiary/aromatic N) is 3. The number of pyridine rings is 1. The zero-order valence-corrected chi connectivity index (χ0v) is 17.1. The first kappa shape index (κ1) is 19.1. The maximum atomic E-state index is 13.1. The van der Waals surface area contributed by atoms with Gasteiger partial charge in [0, 0.05) is 18.3 Å². The fourth-order valence-corrected chi connectivity index (χ4v) is 3.24. The van der Waals surface area contributed by atoms with E-state index in [1.165, 1.54) is 4.40 Å². The summed E-state index contributed by atoms with van der Waals surface area (Å²) >= 11 is 0. The molecule has 0 spiro atoms. The van der Waals surface area contributed by atoms with Gasteiger partial charge in [0.05, 0.1) is 16.5 Å². The molecular weight excluding hydrogens is 364 g/mol. The van der Waals surface area contributed by atoms with Crippen LogP contribution in [0.4, 0.5) is 0 Å². The highest BCUT2D eigenvalue weighted by molar-refractivity contribution is 6.02. The number of carbonyl (C=O) groups is 1. The van der Waals surface area contributed by atoms with Crippen LogP contribution in [-0.4, -0.2) is 46.4 Å². The van der Waals surface area contributed by atoms with Crippen molar-refractivity contribution in [1.82, 2.24) is 19.6 Å². The summed E-state index contributed by atoms with van der Waals surface area (Å²) in [6.45, 7) is 4.58. The highest BCUT2D eigenvalue weighted by Gasteiger charge is 2.22. The van der Waals surface area contributed by atoms with Gasteiger partial charge in [0.15, 0.2) is 5.65 Å². The quantitative estimate of drug-likeness (QED) is 0.546. The summed E-state index contributed by atoms with van der Waals surface area (Å²) in [5.74, 6) is -0.245. The van der Waals surface area contributed by atoms with E-state index in [1.54, 1.807) is 18.3 Å². The highest BCUT2D eigenvalue weighted by atomic mass is 16.2. The number of hydrogen-bond acceptors (Lipinski definition) is 4. The van der Waals surface area contributed by atoms with Crippen LogP contribution < -0.4 is 10.9 Å². The second-order valence-electron chi connectivity index (χ2n) is 8.14. The minimum absolute atomic E-state index is 0.181. The molecule has 0 aliphatic heterocycles. The lowest BCUT2D eigenvalue weighted by molar-refractivity contribution is 0.0921. The summed E-state index contributed by atoms with van der Waals surface area (Å²) in [6, 6.07) is 15.0. The lowest BCUT2D eigenvalue weighted by Crippen LogP contribution is -2.48. The molecule has 0 radical (unpaired) electrons. The first-order chi connectivity index (χ1) is 13.8. The minimum atomic E-state index is -0.245. The van der Waals surface area contributed by atoms with Crippen molar-refractivity contribution in [1.29, 1.82) is 0 Å². The van der Waals surface area contributed by atoms with E-state index in [4.69, 9.17) is 0 Å². The third-order valence-corrected chi connectivity index (χ3v) is 5.64. The van der Waals surface area contributed by atoms with Gasteiger partial charge in [-0.25, -0.2) is 4.98 Å². The molecule has 1 N–H and O–H groups in total. The number of hydrogen-bond donors (Lipinski definition) is 1. The lowest BCUT2D eigenvalue weighted by atomic mass is 10.0. The third kappa shape index (κ3) is 3.36. The van der Waals surface area contributed by atoms with E-state index >= 15 is 0 Å². The molecule has 29 heavy (non-hydrogen) atoms. The normalized spacial score (nSPS) is 12.2. The van der Waals surface area contributed by atoms with Crippen molar-refractivity contribution in [3.63, 3.8) is 0 Å². The first-order valence-corrected chi connectivity index (χ1v) is 9.57. The molecule has 0 unspecified atom stereocenters. The second kappa shape index (κ2) is 6.97. The molecule has 1 amide bonds. The molecule has 6 nitrogen and oxygen atoms in total. The largest absolute Gasteiger partial charge is 0.350 e. The number of likely N-dealkylation sites (N-methyl/N-ethyl adjacent to an activating group) is 1. The first-order valence-electron chi connectivity index (χ1n) is 9.57. The molecule has 0 fully saturated rings. The Hall–Kier alpha value is -3.25. The van der Waals surface area contributed by atoms with Crippen molar-refractivity contribution in [2.75, 3.05) is 20.6 Å². The van der Waals surface area contributed by atoms with E-state index in [9.17, 15) is 9.59 Å². The summed E-state index contributed by atoms with van der Waals surface area (Å²) in [5, 5.41) is 5.50. The third-order valence-electron chi connectivity index (χ3n) is 5.64. The smallest absolute Gasteiger partial charge is 0.265 e. The number of aromatic nitrogens is 2. The minimum Gasteiger partial charge on any atom is -0.350 e. The number of fused-ring (bicyclic) bond motifs is 3. The molecule has 2 heterocycles. The van der Waals surface area contributed by atoms with Crippen molar-refractivity contribution >= 4 is 33.2 Å². The SMILES string of the molecule is CN(C)C(C)(C)CNC(=O)c1cccn2c(=O)c3cc4ccccc4cc3nc12. The van der Waals surface area contributed by atoms with Crippen LogP contribution in [0.25, 0.3) is 27.3 Å². The Kier molecular flexibility index (Phi) is 4.59. The molecule has 6 heteroatoms. The van der Waals surface area contributed by atoms with Crippen LogP contribution in [0.15, 0.2) is 59.5 Å². The molecule has 0 saturated heterocycles. The standard InChI is InChI=1S/C23H24N4O2/c1-23(2,26(3)4)14-24-21(28)17-10-7-11-27-20(17)25-19-13-16-9-6-5-8-15(16)12-18(19)22(27)29/h5-13H,14H2,1-4H3,(H,24,28). The Morgan fingerprint density at radius 2 is 1.79 bits per heavy atom. The topological polar surface area (TPSA) is 66.7 Å². The van der Waals surface area contributed by atoms with E-state index in [0.29, 0.717) is 28.7 Å². The highest BCUT2D eigenvalue weighted by Crippen LogP contribution is 2.21. The van der Waals surface area contributed by atoms with Crippen LogP contribution >= 0.6 is 0 Å². The Balaban J connectivity index is 1.84. The zero-order chi connectivity index (χ0) is 20.8. The van der Waals surface area contributed by atoms with Crippen molar-refractivity contribution in [3.8, 4) is 0 Å². The van der Waals surface area contributed by atoms with E-state index in [2.05, 4.69) is 29.0 Å². The molecule has 4 aromatic rings.